The fourth-order valence-electron chi connectivity index (χ4n) is 2.69. The van der Waals surface area contributed by atoms with Crippen molar-refractivity contribution in [3.8, 4) is 0 Å². The molecule has 7 nitrogen and oxygen atoms in total. The Morgan fingerprint density at radius 3 is 2.64 bits per heavy atom. The molecule has 114 valence electrons. The number of benzene rings is 1. The molecule has 8 heteroatoms. The van der Waals surface area contributed by atoms with Crippen molar-refractivity contribution in [2.24, 2.45) is 5.73 Å². The molecule has 0 fully saturated rings. The van der Waals surface area contributed by atoms with Crippen LogP contribution in [0.25, 0.3) is 0 Å². The van der Waals surface area contributed by atoms with Gasteiger partial charge in [-0.15, -0.1) is 0 Å². The van der Waals surface area contributed by atoms with Crippen LogP contribution >= 0.6 is 11.6 Å². The Hall–Kier alpha value is -2.22. The van der Waals surface area contributed by atoms with Crippen molar-refractivity contribution in [1.82, 2.24) is 5.48 Å². The lowest BCUT2D eigenvalue weighted by Crippen LogP contribution is -2.62. The third-order valence-electron chi connectivity index (χ3n) is 3.77. The van der Waals surface area contributed by atoms with Crippen LogP contribution in [0.1, 0.15) is 20.7 Å². The molecular formula is C14H11ClN2O5. The van der Waals surface area contributed by atoms with Gasteiger partial charge in [0.05, 0.1) is 12.7 Å². The van der Waals surface area contributed by atoms with Crippen LogP contribution in [0.3, 0.4) is 0 Å². The van der Waals surface area contributed by atoms with Gasteiger partial charge in [0.25, 0.3) is 0 Å². The molecule has 0 amide bonds. The Bertz CT molecular complexity index is 745. The summed E-state index contributed by atoms with van der Waals surface area (Å²) in [4.78, 5) is 42.6. The summed E-state index contributed by atoms with van der Waals surface area (Å²) in [6.45, 7) is 0. The van der Waals surface area contributed by atoms with Crippen LogP contribution in [0.5, 0.6) is 0 Å². The predicted molar refractivity (Wildman–Crippen MR) is 74.9 cm³/mol. The molecule has 1 aromatic carbocycles. The van der Waals surface area contributed by atoms with Gasteiger partial charge in [-0.25, -0.2) is 0 Å². The minimum atomic E-state index is -2.03. The Labute approximate surface area is 130 Å². The number of Topliss-reactive ketones (excluding diaryl/α,β-unsaturated/α-hetero) is 2. The van der Waals surface area contributed by atoms with E-state index in [1.807, 2.05) is 0 Å². The summed E-state index contributed by atoms with van der Waals surface area (Å²) in [6.07, 6.45) is 0. The average Bonchev–Trinajstić information content (AvgIpc) is 2.90. The molecule has 0 spiro atoms. The molecule has 2 atom stereocenters. The van der Waals surface area contributed by atoms with Gasteiger partial charge in [-0.2, -0.15) is 0 Å². The van der Waals surface area contributed by atoms with E-state index in [9.17, 15) is 14.4 Å². The number of carbonyl (C=O) groups excluding carboxylic acids is 3. The van der Waals surface area contributed by atoms with Crippen LogP contribution in [0.4, 0.5) is 0 Å². The highest BCUT2D eigenvalue weighted by atomic mass is 35.5. The van der Waals surface area contributed by atoms with Crippen LogP contribution in [0, 0.1) is 0 Å². The van der Waals surface area contributed by atoms with Crippen LogP contribution in [-0.4, -0.2) is 36.3 Å². The summed E-state index contributed by atoms with van der Waals surface area (Å²) in [6, 6.07) is 4.64. The molecule has 3 rings (SSSR count). The number of hydrogen-bond donors (Lipinski definition) is 2. The SMILES string of the molecule is COC(=O)C(N)[C@@]12ONC(Cl)=C1C(=O)c1ccccc1C2=O. The smallest absolute Gasteiger partial charge is 0.326 e. The van der Waals surface area contributed by atoms with E-state index in [1.54, 1.807) is 12.1 Å². The van der Waals surface area contributed by atoms with Crippen molar-refractivity contribution < 1.29 is 24.0 Å². The molecule has 22 heavy (non-hydrogen) atoms. The van der Waals surface area contributed by atoms with E-state index < -0.39 is 29.2 Å². The number of ether oxygens (including phenoxy) is 1. The summed E-state index contributed by atoms with van der Waals surface area (Å²) in [7, 11) is 1.12. The highest BCUT2D eigenvalue weighted by molar-refractivity contribution is 6.37. The third kappa shape index (κ3) is 1.67. The van der Waals surface area contributed by atoms with Gasteiger partial charge in [-0.05, 0) is 0 Å². The molecule has 2 aliphatic rings. The maximum atomic E-state index is 12.9. The number of fused-ring (bicyclic) bond motifs is 2. The van der Waals surface area contributed by atoms with Crippen molar-refractivity contribution >= 4 is 29.1 Å². The lowest BCUT2D eigenvalue weighted by molar-refractivity contribution is -0.149. The van der Waals surface area contributed by atoms with Gasteiger partial charge in [0.1, 0.15) is 11.2 Å². The van der Waals surface area contributed by atoms with Crippen molar-refractivity contribution in [2.75, 3.05) is 7.11 Å². The summed E-state index contributed by atoms with van der Waals surface area (Å²) < 4.78 is 4.57. The first-order valence-corrected chi connectivity index (χ1v) is 6.69. The van der Waals surface area contributed by atoms with Gasteiger partial charge in [0.15, 0.2) is 5.78 Å². The quantitative estimate of drug-likeness (QED) is 0.595. The number of esters is 1. The number of hydroxylamine groups is 1. The molecule has 0 saturated carbocycles. The second kappa shape index (κ2) is 4.91. The minimum Gasteiger partial charge on any atom is -0.468 e. The third-order valence-corrected chi connectivity index (χ3v) is 4.03. The zero-order valence-electron chi connectivity index (χ0n) is 11.4. The largest absolute Gasteiger partial charge is 0.468 e. The molecule has 1 unspecified atom stereocenters. The van der Waals surface area contributed by atoms with E-state index in [2.05, 4.69) is 10.2 Å². The Morgan fingerprint density at radius 2 is 2.00 bits per heavy atom. The predicted octanol–water partition coefficient (Wildman–Crippen LogP) is 0.290. The first-order valence-electron chi connectivity index (χ1n) is 6.31. The summed E-state index contributed by atoms with van der Waals surface area (Å²) in [5.41, 5.74) is 6.20. The zero-order chi connectivity index (χ0) is 16.1. The highest BCUT2D eigenvalue weighted by Crippen LogP contribution is 2.42. The Balaban J connectivity index is 2.28. The van der Waals surface area contributed by atoms with Crippen molar-refractivity contribution in [3.63, 3.8) is 0 Å². The molecule has 3 N–H and O–H groups in total. The normalized spacial score (nSPS) is 24.5. The Morgan fingerprint density at radius 1 is 1.36 bits per heavy atom. The highest BCUT2D eigenvalue weighted by Gasteiger charge is 2.62. The van der Waals surface area contributed by atoms with Gasteiger partial charge in [-0.1, -0.05) is 35.9 Å². The number of nitrogens with one attached hydrogen (secondary N) is 1. The second-order valence-electron chi connectivity index (χ2n) is 4.83. The zero-order valence-corrected chi connectivity index (χ0v) is 12.1. The lowest BCUT2D eigenvalue weighted by atomic mass is 9.71. The second-order valence-corrected chi connectivity index (χ2v) is 5.21. The number of hydrogen-bond acceptors (Lipinski definition) is 7. The van der Waals surface area contributed by atoms with Crippen LogP contribution < -0.4 is 11.2 Å². The van der Waals surface area contributed by atoms with Crippen molar-refractivity contribution in [2.45, 2.75) is 11.6 Å². The number of methoxy groups -OCH3 is 1. The van der Waals surface area contributed by atoms with Gasteiger partial charge < -0.3 is 10.5 Å². The molecule has 0 radical (unpaired) electrons. The lowest BCUT2D eigenvalue weighted by Gasteiger charge is -2.35. The maximum absolute atomic E-state index is 12.9. The number of ketones is 2. The number of nitrogens with two attached hydrogens (primary N) is 1. The molecule has 0 aromatic heterocycles. The number of halogens is 1. The maximum Gasteiger partial charge on any atom is 0.326 e. The van der Waals surface area contributed by atoms with Crippen LogP contribution in [-0.2, 0) is 14.4 Å². The van der Waals surface area contributed by atoms with Gasteiger partial charge in [0, 0.05) is 11.1 Å². The molecule has 0 saturated heterocycles. The molecule has 0 bridgehead atoms. The van der Waals surface area contributed by atoms with E-state index in [0.29, 0.717) is 0 Å². The van der Waals surface area contributed by atoms with Crippen LogP contribution in [0.2, 0.25) is 0 Å². The number of rotatable bonds is 2. The van der Waals surface area contributed by atoms with E-state index in [1.165, 1.54) is 12.1 Å². The monoisotopic (exact) mass is 322 g/mol. The van der Waals surface area contributed by atoms with Crippen LogP contribution in [0.15, 0.2) is 35.0 Å². The average molecular weight is 323 g/mol. The molecule has 1 aliphatic carbocycles. The van der Waals surface area contributed by atoms with Gasteiger partial charge in [0.2, 0.25) is 11.4 Å². The fraction of sp³-hybridized carbons (Fsp3) is 0.214. The first-order chi connectivity index (χ1) is 10.4. The Kier molecular flexibility index (Phi) is 3.28. The minimum absolute atomic E-state index is 0.115. The van der Waals surface area contributed by atoms with Crippen molar-refractivity contribution in [1.29, 1.82) is 0 Å². The summed E-state index contributed by atoms with van der Waals surface area (Å²) in [5.74, 6) is -2.05. The van der Waals surface area contributed by atoms with E-state index in [0.717, 1.165) is 7.11 Å². The van der Waals surface area contributed by atoms with E-state index in [-0.39, 0.29) is 21.9 Å². The molecule has 1 aromatic rings. The van der Waals surface area contributed by atoms with E-state index in [4.69, 9.17) is 22.2 Å². The first kappa shape index (κ1) is 14.7. The number of carbonyl (C=O) groups is 3. The molecule has 1 heterocycles. The van der Waals surface area contributed by atoms with Gasteiger partial charge in [-0.3, -0.25) is 24.7 Å². The van der Waals surface area contributed by atoms with Crippen molar-refractivity contribution in [3.05, 3.63) is 46.1 Å². The fourth-order valence-corrected chi connectivity index (χ4v) is 2.95. The molecule has 1 aliphatic heterocycles. The standard InChI is InChI=1S/C14H11ClN2O5/c1-21-13(20)10(16)14-8(12(15)17-22-14)9(18)6-4-2-3-5-7(6)11(14)19/h2-5,10,17H,16H2,1H3/t10?,14-/m0/s1. The summed E-state index contributed by atoms with van der Waals surface area (Å²) in [5, 5.41) is -0.174. The van der Waals surface area contributed by atoms with E-state index >= 15 is 0 Å². The summed E-state index contributed by atoms with van der Waals surface area (Å²) >= 11 is 5.96. The van der Waals surface area contributed by atoms with Gasteiger partial charge >= 0.3 is 5.97 Å². The molecular weight excluding hydrogens is 312 g/mol. The topological polar surface area (TPSA) is 108 Å².